The number of hydrogen-bond acceptors (Lipinski definition) is 5. The lowest BCUT2D eigenvalue weighted by atomic mass is 10.2. The van der Waals surface area contributed by atoms with Crippen LogP contribution < -0.4 is 15.4 Å². The molecule has 30 heavy (non-hydrogen) atoms. The zero-order valence-electron chi connectivity index (χ0n) is 17.2. The van der Waals surface area contributed by atoms with Crippen LogP contribution in [0.3, 0.4) is 0 Å². The monoisotopic (exact) mass is 467 g/mol. The number of benzene rings is 1. The molecular weight excluding hydrogens is 441 g/mol. The largest absolute Gasteiger partial charge is 0.491 e. The average molecular weight is 468 g/mol. The van der Waals surface area contributed by atoms with E-state index in [-0.39, 0.29) is 5.91 Å². The van der Waals surface area contributed by atoms with Crippen molar-refractivity contribution in [1.29, 1.82) is 0 Å². The zero-order chi connectivity index (χ0) is 21.8. The standard InChI is InChI=1S/C22H27Cl2N3O2S/c1-3-14-29-20-10-8-16(15-30-22-17(23)6-4-7-18(22)24)27-19(20)9-11-21(28)26-13-5-12-25-2/h4,6-11,25H,3,5,12-15H2,1-2H3,(H,26,28)/b11-9+. The number of thioether (sulfide) groups is 1. The number of carbonyl (C=O) groups excluding carboxylic acids is 1. The van der Waals surface area contributed by atoms with Gasteiger partial charge in [-0.3, -0.25) is 4.79 Å². The van der Waals surface area contributed by atoms with E-state index >= 15 is 0 Å². The summed E-state index contributed by atoms with van der Waals surface area (Å²) in [5.41, 5.74) is 1.46. The lowest BCUT2D eigenvalue weighted by Crippen LogP contribution is -2.24. The van der Waals surface area contributed by atoms with E-state index in [1.54, 1.807) is 6.08 Å². The number of amides is 1. The number of nitrogens with zero attached hydrogens (tertiary/aromatic N) is 1. The minimum atomic E-state index is -0.156. The first-order valence-electron chi connectivity index (χ1n) is 9.85. The predicted octanol–water partition coefficient (Wildman–Crippen LogP) is 5.21. The molecule has 0 bridgehead atoms. The van der Waals surface area contributed by atoms with Crippen LogP contribution in [0.15, 0.2) is 41.3 Å². The van der Waals surface area contributed by atoms with Gasteiger partial charge in [0, 0.05) is 23.3 Å². The van der Waals surface area contributed by atoms with Crippen LogP contribution in [-0.4, -0.2) is 37.6 Å². The molecule has 1 amide bonds. The van der Waals surface area contributed by atoms with Crippen LogP contribution in [0.5, 0.6) is 5.75 Å². The van der Waals surface area contributed by atoms with Crippen LogP contribution in [0.25, 0.3) is 6.08 Å². The smallest absolute Gasteiger partial charge is 0.244 e. The van der Waals surface area contributed by atoms with Gasteiger partial charge in [-0.25, -0.2) is 4.98 Å². The van der Waals surface area contributed by atoms with E-state index < -0.39 is 0 Å². The van der Waals surface area contributed by atoms with Gasteiger partial charge >= 0.3 is 0 Å². The number of carbonyl (C=O) groups is 1. The summed E-state index contributed by atoms with van der Waals surface area (Å²) < 4.78 is 5.78. The number of hydrogen-bond donors (Lipinski definition) is 2. The number of pyridine rings is 1. The molecule has 5 nitrogen and oxygen atoms in total. The van der Waals surface area contributed by atoms with Gasteiger partial charge in [0.1, 0.15) is 11.4 Å². The van der Waals surface area contributed by atoms with E-state index in [1.807, 2.05) is 44.3 Å². The van der Waals surface area contributed by atoms with Crippen molar-refractivity contribution in [3.63, 3.8) is 0 Å². The molecule has 2 N–H and O–H groups in total. The SMILES string of the molecule is CCCOc1ccc(CSc2c(Cl)cccc2Cl)nc1/C=C/C(=O)NCCCNC. The summed E-state index contributed by atoms with van der Waals surface area (Å²) in [4.78, 5) is 17.6. The summed E-state index contributed by atoms with van der Waals surface area (Å²) in [7, 11) is 1.89. The van der Waals surface area contributed by atoms with Crippen LogP contribution in [0.1, 0.15) is 31.2 Å². The predicted molar refractivity (Wildman–Crippen MR) is 127 cm³/mol. The number of nitrogens with one attached hydrogen (secondary N) is 2. The second-order valence-corrected chi connectivity index (χ2v) is 8.26. The van der Waals surface area contributed by atoms with Crippen molar-refractivity contribution in [3.8, 4) is 5.75 Å². The number of rotatable bonds is 12. The van der Waals surface area contributed by atoms with Gasteiger partial charge in [0.05, 0.1) is 22.3 Å². The molecule has 1 aromatic heterocycles. The van der Waals surface area contributed by atoms with E-state index in [1.165, 1.54) is 17.8 Å². The van der Waals surface area contributed by atoms with Crippen LogP contribution in [0, 0.1) is 0 Å². The van der Waals surface area contributed by atoms with Crippen LogP contribution in [0.2, 0.25) is 10.0 Å². The number of aromatic nitrogens is 1. The van der Waals surface area contributed by atoms with Crippen molar-refractivity contribution in [3.05, 3.63) is 57.8 Å². The molecule has 1 aromatic carbocycles. The highest BCUT2D eigenvalue weighted by Crippen LogP contribution is 2.35. The summed E-state index contributed by atoms with van der Waals surface area (Å²) >= 11 is 14.0. The molecule has 0 radical (unpaired) electrons. The summed E-state index contributed by atoms with van der Waals surface area (Å²) in [6, 6.07) is 9.25. The molecule has 0 aliphatic carbocycles. The highest BCUT2D eigenvalue weighted by Gasteiger charge is 2.10. The fourth-order valence-electron chi connectivity index (χ4n) is 2.50. The van der Waals surface area contributed by atoms with Gasteiger partial charge in [-0.1, -0.05) is 36.2 Å². The second-order valence-electron chi connectivity index (χ2n) is 6.46. The normalized spacial score (nSPS) is 11.1. The van der Waals surface area contributed by atoms with Crippen LogP contribution in [0.4, 0.5) is 0 Å². The van der Waals surface area contributed by atoms with Gasteiger partial charge in [-0.2, -0.15) is 0 Å². The molecule has 162 valence electrons. The van der Waals surface area contributed by atoms with Gasteiger partial charge in [-0.05, 0) is 56.8 Å². The van der Waals surface area contributed by atoms with Gasteiger partial charge in [0.25, 0.3) is 0 Å². The minimum Gasteiger partial charge on any atom is -0.491 e. The first-order chi connectivity index (χ1) is 14.5. The molecule has 0 unspecified atom stereocenters. The first-order valence-corrected chi connectivity index (χ1v) is 11.6. The molecule has 0 saturated carbocycles. The van der Waals surface area contributed by atoms with Gasteiger partial charge in [0.15, 0.2) is 0 Å². The highest BCUT2D eigenvalue weighted by molar-refractivity contribution is 7.98. The average Bonchev–Trinajstić information content (AvgIpc) is 2.74. The third-order valence-corrected chi connectivity index (χ3v) is 6.01. The van der Waals surface area contributed by atoms with E-state index in [0.717, 1.165) is 30.0 Å². The third kappa shape index (κ3) is 8.19. The molecule has 0 atom stereocenters. The van der Waals surface area contributed by atoms with Crippen LogP contribution in [-0.2, 0) is 10.5 Å². The van der Waals surface area contributed by atoms with E-state index in [2.05, 4.69) is 15.6 Å². The third-order valence-electron chi connectivity index (χ3n) is 3.98. The Labute approximate surface area is 192 Å². The Hall–Kier alpha value is -1.73. The lowest BCUT2D eigenvalue weighted by molar-refractivity contribution is -0.116. The molecule has 2 rings (SSSR count). The molecule has 0 aliphatic rings. The quantitative estimate of drug-likeness (QED) is 0.255. The molecule has 0 fully saturated rings. The molecule has 8 heteroatoms. The minimum absolute atomic E-state index is 0.156. The van der Waals surface area contributed by atoms with Crippen molar-refractivity contribution in [2.24, 2.45) is 0 Å². The molecule has 1 heterocycles. The Kier molecular flexibility index (Phi) is 11.1. The maximum absolute atomic E-state index is 12.1. The Morgan fingerprint density at radius 1 is 1.20 bits per heavy atom. The Morgan fingerprint density at radius 3 is 2.67 bits per heavy atom. The molecule has 0 spiro atoms. The van der Waals surface area contributed by atoms with E-state index in [9.17, 15) is 4.79 Å². The maximum Gasteiger partial charge on any atom is 0.244 e. The highest BCUT2D eigenvalue weighted by atomic mass is 35.5. The summed E-state index contributed by atoms with van der Waals surface area (Å²) in [5, 5.41) is 7.14. The maximum atomic E-state index is 12.1. The first kappa shape index (κ1) is 24.5. The lowest BCUT2D eigenvalue weighted by Gasteiger charge is -2.10. The van der Waals surface area contributed by atoms with Crippen molar-refractivity contribution in [2.45, 2.75) is 30.4 Å². The van der Waals surface area contributed by atoms with Crippen molar-refractivity contribution < 1.29 is 9.53 Å². The van der Waals surface area contributed by atoms with Gasteiger partial charge < -0.3 is 15.4 Å². The topological polar surface area (TPSA) is 63.2 Å². The van der Waals surface area contributed by atoms with E-state index in [4.69, 9.17) is 27.9 Å². The molecule has 0 saturated heterocycles. The van der Waals surface area contributed by atoms with Crippen LogP contribution >= 0.6 is 35.0 Å². The van der Waals surface area contributed by atoms with Gasteiger partial charge in [-0.15, -0.1) is 11.8 Å². The van der Waals surface area contributed by atoms with Crippen molar-refractivity contribution in [1.82, 2.24) is 15.6 Å². The summed E-state index contributed by atoms with van der Waals surface area (Å²) in [6.45, 7) is 4.10. The fourth-order valence-corrected chi connectivity index (χ4v) is 4.08. The van der Waals surface area contributed by atoms with Crippen molar-refractivity contribution in [2.75, 3.05) is 26.7 Å². The Morgan fingerprint density at radius 2 is 1.97 bits per heavy atom. The molecule has 2 aromatic rings. The second kappa shape index (κ2) is 13.5. The van der Waals surface area contributed by atoms with E-state index in [0.29, 0.717) is 40.4 Å². The summed E-state index contributed by atoms with van der Waals surface area (Å²) in [5.74, 6) is 1.09. The fraction of sp³-hybridized carbons (Fsp3) is 0.364. The summed E-state index contributed by atoms with van der Waals surface area (Å²) in [6.07, 6.45) is 4.94. The van der Waals surface area contributed by atoms with Gasteiger partial charge in [0.2, 0.25) is 5.91 Å². The Balaban J connectivity index is 2.10. The number of halogens is 2. The number of ether oxygens (including phenoxy) is 1. The zero-order valence-corrected chi connectivity index (χ0v) is 19.5. The molecule has 0 aliphatic heterocycles. The van der Waals surface area contributed by atoms with Crippen molar-refractivity contribution >= 4 is 46.9 Å². The Bertz CT molecular complexity index is 842. The molecular formula is C22H27Cl2N3O2S.